The summed E-state index contributed by atoms with van der Waals surface area (Å²) in [5.41, 5.74) is 2.04. The van der Waals surface area contributed by atoms with Gasteiger partial charge in [0.05, 0.1) is 24.8 Å². The van der Waals surface area contributed by atoms with Crippen LogP contribution >= 0.6 is 0 Å². The molecule has 3 rings (SSSR count). The fourth-order valence-electron chi connectivity index (χ4n) is 4.59. The summed E-state index contributed by atoms with van der Waals surface area (Å²) in [6.45, 7) is 8.06. The quantitative estimate of drug-likeness (QED) is 0.291. The van der Waals surface area contributed by atoms with Crippen molar-refractivity contribution in [3.63, 3.8) is 0 Å². The van der Waals surface area contributed by atoms with E-state index in [1.165, 1.54) is 55.5 Å². The van der Waals surface area contributed by atoms with Gasteiger partial charge in [0.15, 0.2) is 11.5 Å². The Morgan fingerprint density at radius 2 is 1.56 bits per heavy atom. The van der Waals surface area contributed by atoms with E-state index < -0.39 is 40.2 Å². The number of carbonyl (C=O) groups is 2. The number of carbonyl (C=O) groups excluding carboxylic acids is 2. The lowest BCUT2D eigenvalue weighted by Gasteiger charge is -2.32. The molecule has 3 aromatic rings. The summed E-state index contributed by atoms with van der Waals surface area (Å²) in [6.07, 6.45) is 0.670. The van der Waals surface area contributed by atoms with Crippen LogP contribution in [0.15, 0.2) is 65.6 Å². The number of anilines is 1. The third-order valence-electron chi connectivity index (χ3n) is 7.18. The van der Waals surface area contributed by atoms with Crippen LogP contribution in [0.1, 0.15) is 43.9 Å². The van der Waals surface area contributed by atoms with Crippen LogP contribution in [0.4, 0.5) is 10.1 Å². The Kier molecular flexibility index (Phi) is 11.2. The molecule has 9 nitrogen and oxygen atoms in total. The maximum atomic E-state index is 14.7. The second kappa shape index (κ2) is 14.4. The molecule has 2 atom stereocenters. The summed E-state index contributed by atoms with van der Waals surface area (Å²) in [5.74, 6) is -1.11. The van der Waals surface area contributed by atoms with Gasteiger partial charge >= 0.3 is 0 Å². The summed E-state index contributed by atoms with van der Waals surface area (Å²) in [6, 6.07) is 14.2. The zero-order valence-electron chi connectivity index (χ0n) is 25.7. The zero-order chi connectivity index (χ0) is 31.9. The first kappa shape index (κ1) is 33.4. The van der Waals surface area contributed by atoms with Crippen molar-refractivity contribution in [2.75, 3.05) is 25.1 Å². The average molecular weight is 614 g/mol. The molecule has 0 aliphatic heterocycles. The number of methoxy groups -OCH3 is 2. The van der Waals surface area contributed by atoms with Crippen LogP contribution in [0.3, 0.4) is 0 Å². The molecule has 0 heterocycles. The monoisotopic (exact) mass is 613 g/mol. The van der Waals surface area contributed by atoms with Gasteiger partial charge in [0.25, 0.3) is 10.0 Å². The average Bonchev–Trinajstić information content (AvgIpc) is 2.97. The Morgan fingerprint density at radius 1 is 0.930 bits per heavy atom. The Bertz CT molecular complexity index is 1540. The first-order valence-corrected chi connectivity index (χ1v) is 15.4. The van der Waals surface area contributed by atoms with Crippen molar-refractivity contribution in [2.45, 2.75) is 64.6 Å². The SMILES string of the molecule is CC[C@@H](C)NC(=O)[C@@H](C)N(Cc1ccccc1F)C(=O)CN(c1cc(C)cc(C)c1)S(=O)(=O)c1ccc(OC)c(OC)c1. The van der Waals surface area contributed by atoms with E-state index in [0.717, 1.165) is 15.4 Å². The second-order valence-electron chi connectivity index (χ2n) is 10.5. The summed E-state index contributed by atoms with van der Waals surface area (Å²) in [5, 5.41) is 2.86. The van der Waals surface area contributed by atoms with E-state index in [1.807, 2.05) is 33.8 Å². The number of benzene rings is 3. The molecule has 11 heteroatoms. The number of aryl methyl sites for hydroxylation is 2. The summed E-state index contributed by atoms with van der Waals surface area (Å²) in [4.78, 5) is 28.3. The molecule has 2 amide bonds. The van der Waals surface area contributed by atoms with Gasteiger partial charge in [-0.3, -0.25) is 13.9 Å². The van der Waals surface area contributed by atoms with Crippen LogP contribution in [-0.2, 0) is 26.2 Å². The van der Waals surface area contributed by atoms with Crippen LogP contribution < -0.4 is 19.1 Å². The topological polar surface area (TPSA) is 105 Å². The summed E-state index contributed by atoms with van der Waals surface area (Å²) < 4.78 is 54.7. The zero-order valence-corrected chi connectivity index (χ0v) is 26.5. The molecule has 232 valence electrons. The van der Waals surface area contributed by atoms with Gasteiger partial charge in [-0.05, 0) is 75.6 Å². The number of rotatable bonds is 13. The van der Waals surface area contributed by atoms with E-state index >= 15 is 0 Å². The van der Waals surface area contributed by atoms with Gasteiger partial charge < -0.3 is 19.7 Å². The van der Waals surface area contributed by atoms with Crippen molar-refractivity contribution < 1.29 is 31.9 Å². The van der Waals surface area contributed by atoms with Gasteiger partial charge in [-0.2, -0.15) is 0 Å². The van der Waals surface area contributed by atoms with E-state index in [9.17, 15) is 22.4 Å². The van der Waals surface area contributed by atoms with Gasteiger partial charge in [0.2, 0.25) is 11.8 Å². The van der Waals surface area contributed by atoms with Crippen LogP contribution in [0, 0.1) is 19.7 Å². The Morgan fingerprint density at radius 3 is 2.14 bits per heavy atom. The molecule has 0 aromatic heterocycles. The fraction of sp³-hybridized carbons (Fsp3) is 0.375. The fourth-order valence-corrected chi connectivity index (χ4v) is 6.00. The smallest absolute Gasteiger partial charge is 0.264 e. The summed E-state index contributed by atoms with van der Waals surface area (Å²) in [7, 11) is -1.51. The molecule has 0 fully saturated rings. The van der Waals surface area contributed by atoms with Crippen LogP contribution in [-0.4, -0.2) is 58.0 Å². The molecule has 0 unspecified atom stereocenters. The van der Waals surface area contributed by atoms with Crippen molar-refractivity contribution in [1.82, 2.24) is 10.2 Å². The first-order chi connectivity index (χ1) is 20.3. The van der Waals surface area contributed by atoms with E-state index in [0.29, 0.717) is 12.2 Å². The Balaban J connectivity index is 2.12. The van der Waals surface area contributed by atoms with Crippen molar-refractivity contribution in [3.05, 3.63) is 83.2 Å². The predicted octanol–water partition coefficient (Wildman–Crippen LogP) is 4.99. The lowest BCUT2D eigenvalue weighted by molar-refractivity contribution is -0.139. The normalized spacial score (nSPS) is 12.7. The highest BCUT2D eigenvalue weighted by molar-refractivity contribution is 7.92. The van der Waals surface area contributed by atoms with E-state index in [1.54, 1.807) is 25.1 Å². The number of hydrogen-bond donors (Lipinski definition) is 1. The van der Waals surface area contributed by atoms with Gasteiger partial charge in [-0.15, -0.1) is 0 Å². The summed E-state index contributed by atoms with van der Waals surface area (Å²) >= 11 is 0. The highest BCUT2D eigenvalue weighted by atomic mass is 32.2. The third-order valence-corrected chi connectivity index (χ3v) is 8.95. The molecular formula is C32H40FN3O6S. The highest BCUT2D eigenvalue weighted by Crippen LogP contribution is 2.33. The number of hydrogen-bond acceptors (Lipinski definition) is 6. The molecule has 3 aromatic carbocycles. The lowest BCUT2D eigenvalue weighted by atomic mass is 10.1. The Labute approximate surface area is 253 Å². The molecule has 0 radical (unpaired) electrons. The van der Waals surface area contributed by atoms with Gasteiger partial charge in [-0.1, -0.05) is 31.2 Å². The molecule has 0 saturated carbocycles. The van der Waals surface area contributed by atoms with Crippen molar-refractivity contribution in [3.8, 4) is 11.5 Å². The van der Waals surface area contributed by atoms with Crippen molar-refractivity contribution in [2.24, 2.45) is 0 Å². The number of halogens is 1. The minimum Gasteiger partial charge on any atom is -0.493 e. The molecule has 0 aliphatic rings. The Hall–Kier alpha value is -4.12. The van der Waals surface area contributed by atoms with E-state index in [4.69, 9.17) is 9.47 Å². The van der Waals surface area contributed by atoms with Crippen LogP contribution in [0.2, 0.25) is 0 Å². The van der Waals surface area contributed by atoms with E-state index in [2.05, 4.69) is 5.32 Å². The minimum atomic E-state index is -4.35. The first-order valence-electron chi connectivity index (χ1n) is 14.0. The molecule has 43 heavy (non-hydrogen) atoms. The number of nitrogens with zero attached hydrogens (tertiary/aromatic N) is 2. The third kappa shape index (κ3) is 8.04. The lowest BCUT2D eigenvalue weighted by Crippen LogP contribution is -2.52. The molecule has 0 aliphatic carbocycles. The van der Waals surface area contributed by atoms with Crippen LogP contribution in [0.25, 0.3) is 0 Å². The number of ether oxygens (including phenoxy) is 2. The maximum absolute atomic E-state index is 14.7. The minimum absolute atomic E-state index is 0.125. The number of sulfonamides is 1. The predicted molar refractivity (Wildman–Crippen MR) is 164 cm³/mol. The maximum Gasteiger partial charge on any atom is 0.264 e. The van der Waals surface area contributed by atoms with Gasteiger partial charge in [0.1, 0.15) is 18.4 Å². The molecule has 0 spiro atoms. The standard InChI is InChI=1S/C32H40FN3O6S/c1-8-23(4)34-32(38)24(5)35(19-25-11-9-10-12-28(25)33)31(37)20-36(26-16-21(2)15-22(3)17-26)43(39,40)27-13-14-29(41-6)30(18-27)42-7/h9-18,23-24H,8,19-20H2,1-7H3,(H,34,38)/t23-,24-/m1/s1. The highest BCUT2D eigenvalue weighted by Gasteiger charge is 2.33. The van der Waals surface area contributed by atoms with Crippen molar-refractivity contribution in [1.29, 1.82) is 0 Å². The second-order valence-corrected chi connectivity index (χ2v) is 12.3. The van der Waals surface area contributed by atoms with Crippen molar-refractivity contribution >= 4 is 27.5 Å². The van der Waals surface area contributed by atoms with E-state index in [-0.39, 0.29) is 34.5 Å². The molecular weight excluding hydrogens is 573 g/mol. The molecule has 1 N–H and O–H groups in total. The van der Waals surface area contributed by atoms with Crippen LogP contribution in [0.5, 0.6) is 11.5 Å². The number of amides is 2. The molecule has 0 saturated heterocycles. The number of nitrogens with one attached hydrogen (secondary N) is 1. The van der Waals surface area contributed by atoms with Gasteiger partial charge in [0, 0.05) is 24.2 Å². The molecule has 0 bridgehead atoms. The largest absolute Gasteiger partial charge is 0.493 e. The van der Waals surface area contributed by atoms with Gasteiger partial charge in [-0.25, -0.2) is 12.8 Å².